The van der Waals surface area contributed by atoms with Crippen LogP contribution in [0.15, 0.2) is 18.2 Å². The molecule has 4 bridgehead atoms. The van der Waals surface area contributed by atoms with E-state index in [-0.39, 0.29) is 17.9 Å². The molecule has 4 saturated carbocycles. The second kappa shape index (κ2) is 8.72. The van der Waals surface area contributed by atoms with Crippen LogP contribution in [0, 0.1) is 37.0 Å². The molecule has 32 heavy (non-hydrogen) atoms. The summed E-state index contributed by atoms with van der Waals surface area (Å²) < 4.78 is 5.83. The Kier molecular flexibility index (Phi) is 5.94. The molecule has 1 aromatic rings. The predicted molar refractivity (Wildman–Crippen MR) is 124 cm³/mol. The van der Waals surface area contributed by atoms with Crippen molar-refractivity contribution in [2.24, 2.45) is 23.2 Å². The van der Waals surface area contributed by atoms with Crippen molar-refractivity contribution in [1.29, 1.82) is 0 Å². The number of hydrogen-bond acceptors (Lipinski definition) is 3. The minimum Gasteiger partial charge on any atom is -0.483 e. The fraction of sp³-hybridized carbons (Fsp3) is 0.704. The topological polar surface area (TPSA) is 49.9 Å². The summed E-state index contributed by atoms with van der Waals surface area (Å²) >= 11 is 0. The highest BCUT2D eigenvalue weighted by Gasteiger charge is 2.51. The van der Waals surface area contributed by atoms with Crippen molar-refractivity contribution in [3.05, 3.63) is 29.3 Å². The van der Waals surface area contributed by atoms with Gasteiger partial charge in [0.05, 0.1) is 0 Å². The zero-order chi connectivity index (χ0) is 22.3. The third-order valence-electron chi connectivity index (χ3n) is 8.80. The number of aryl methyl sites for hydroxylation is 1. The van der Waals surface area contributed by atoms with E-state index in [1.807, 2.05) is 41.8 Å². The SMILES string of the molecule is Cc1cccc(OCC(=O)N2CCCN(C(=O)CC34CC5CC(CC(C5)C3)C4)CC2)c1C. The van der Waals surface area contributed by atoms with Gasteiger partial charge in [-0.15, -0.1) is 0 Å². The molecule has 5 heteroatoms. The summed E-state index contributed by atoms with van der Waals surface area (Å²) in [6, 6.07) is 5.93. The Morgan fingerprint density at radius 1 is 0.906 bits per heavy atom. The number of ether oxygens (including phenoxy) is 1. The van der Waals surface area contributed by atoms with E-state index < -0.39 is 0 Å². The molecule has 1 aliphatic heterocycles. The first-order valence-electron chi connectivity index (χ1n) is 12.7. The van der Waals surface area contributed by atoms with Crippen molar-refractivity contribution in [1.82, 2.24) is 9.80 Å². The molecule has 1 saturated heterocycles. The van der Waals surface area contributed by atoms with Crippen molar-refractivity contribution in [3.63, 3.8) is 0 Å². The number of rotatable bonds is 5. The average Bonchev–Trinajstić information content (AvgIpc) is 3.00. The standard InChI is InChI=1S/C27H38N2O3/c1-19-5-3-6-24(20(19)2)32-18-26(31)29-8-4-7-28(9-10-29)25(30)17-27-14-21-11-22(15-27)13-23(12-21)16-27/h3,5-6,21-23H,4,7-18H2,1-2H3. The van der Waals surface area contributed by atoms with Gasteiger partial charge < -0.3 is 14.5 Å². The number of hydrogen-bond donors (Lipinski definition) is 0. The first kappa shape index (κ1) is 21.8. The van der Waals surface area contributed by atoms with E-state index in [0.717, 1.165) is 54.0 Å². The number of carbonyl (C=O) groups is 2. The molecule has 5 aliphatic rings. The quantitative estimate of drug-likeness (QED) is 0.687. The number of carbonyl (C=O) groups excluding carboxylic acids is 2. The van der Waals surface area contributed by atoms with Gasteiger partial charge in [-0.3, -0.25) is 9.59 Å². The van der Waals surface area contributed by atoms with Crippen LogP contribution in [0.5, 0.6) is 5.75 Å². The molecular weight excluding hydrogens is 400 g/mol. The third-order valence-corrected chi connectivity index (χ3v) is 8.80. The Morgan fingerprint density at radius 3 is 2.12 bits per heavy atom. The molecule has 1 aromatic carbocycles. The summed E-state index contributed by atoms with van der Waals surface area (Å²) in [6.45, 7) is 6.87. The second-order valence-corrected chi connectivity index (χ2v) is 11.2. The summed E-state index contributed by atoms with van der Waals surface area (Å²) in [7, 11) is 0. The second-order valence-electron chi connectivity index (χ2n) is 11.2. The number of nitrogens with zero attached hydrogens (tertiary/aromatic N) is 2. The molecule has 174 valence electrons. The molecule has 0 N–H and O–H groups in total. The molecule has 2 amide bonds. The summed E-state index contributed by atoms with van der Waals surface area (Å²) in [6.07, 6.45) is 9.66. The van der Waals surface area contributed by atoms with Gasteiger partial charge in [-0.2, -0.15) is 0 Å². The van der Waals surface area contributed by atoms with Crippen molar-refractivity contribution < 1.29 is 14.3 Å². The van der Waals surface area contributed by atoms with Crippen LogP contribution in [0.25, 0.3) is 0 Å². The van der Waals surface area contributed by atoms with Crippen LogP contribution >= 0.6 is 0 Å². The number of benzene rings is 1. The van der Waals surface area contributed by atoms with E-state index in [4.69, 9.17) is 4.74 Å². The Hall–Kier alpha value is -2.04. The molecule has 0 atom stereocenters. The molecule has 5 nitrogen and oxygen atoms in total. The minimum atomic E-state index is 0.0151. The maximum Gasteiger partial charge on any atom is 0.260 e. The average molecular weight is 439 g/mol. The normalized spacial score (nSPS) is 31.5. The molecule has 1 heterocycles. The van der Waals surface area contributed by atoms with Crippen LogP contribution in [0.1, 0.15) is 62.5 Å². The van der Waals surface area contributed by atoms with E-state index in [9.17, 15) is 9.59 Å². The Balaban J connectivity index is 1.13. The van der Waals surface area contributed by atoms with Gasteiger partial charge >= 0.3 is 0 Å². The highest BCUT2D eigenvalue weighted by Crippen LogP contribution is 2.61. The smallest absolute Gasteiger partial charge is 0.260 e. The molecule has 6 rings (SSSR count). The van der Waals surface area contributed by atoms with Crippen molar-refractivity contribution in [2.75, 3.05) is 32.8 Å². The number of amides is 2. The molecule has 4 aliphatic carbocycles. The van der Waals surface area contributed by atoms with Gasteiger partial charge in [-0.1, -0.05) is 12.1 Å². The van der Waals surface area contributed by atoms with E-state index in [0.29, 0.717) is 25.5 Å². The van der Waals surface area contributed by atoms with E-state index in [1.165, 1.54) is 38.5 Å². The monoisotopic (exact) mass is 438 g/mol. The van der Waals surface area contributed by atoms with Gasteiger partial charge in [-0.05, 0) is 99.2 Å². The van der Waals surface area contributed by atoms with Gasteiger partial charge in [0.2, 0.25) is 5.91 Å². The lowest BCUT2D eigenvalue weighted by Crippen LogP contribution is -2.48. The summed E-state index contributed by atoms with van der Waals surface area (Å²) in [5, 5.41) is 0. The van der Waals surface area contributed by atoms with Crippen molar-refractivity contribution in [3.8, 4) is 5.75 Å². The summed E-state index contributed by atoms with van der Waals surface area (Å²) in [5.41, 5.74) is 2.53. The van der Waals surface area contributed by atoms with Gasteiger partial charge in [0.15, 0.2) is 6.61 Å². The fourth-order valence-corrected chi connectivity index (χ4v) is 7.47. The molecule has 5 fully saturated rings. The van der Waals surface area contributed by atoms with Crippen LogP contribution in [0.4, 0.5) is 0 Å². The van der Waals surface area contributed by atoms with Crippen LogP contribution < -0.4 is 4.74 Å². The minimum absolute atomic E-state index is 0.0151. The lowest BCUT2D eigenvalue weighted by molar-refractivity contribution is -0.140. The van der Waals surface area contributed by atoms with Crippen LogP contribution in [-0.2, 0) is 9.59 Å². The largest absolute Gasteiger partial charge is 0.483 e. The zero-order valence-electron chi connectivity index (χ0n) is 19.8. The van der Waals surface area contributed by atoms with E-state index >= 15 is 0 Å². The van der Waals surface area contributed by atoms with E-state index in [1.54, 1.807) is 0 Å². The first-order valence-corrected chi connectivity index (χ1v) is 12.7. The van der Waals surface area contributed by atoms with Crippen LogP contribution in [-0.4, -0.2) is 54.4 Å². The molecular formula is C27H38N2O3. The van der Waals surface area contributed by atoms with E-state index in [2.05, 4.69) is 0 Å². The summed E-state index contributed by atoms with van der Waals surface area (Å²) in [4.78, 5) is 30.0. The highest BCUT2D eigenvalue weighted by atomic mass is 16.5. The maximum absolute atomic E-state index is 13.3. The lowest BCUT2D eigenvalue weighted by atomic mass is 9.49. The van der Waals surface area contributed by atoms with Gasteiger partial charge in [0.1, 0.15) is 5.75 Å². The Bertz CT molecular complexity index is 844. The highest BCUT2D eigenvalue weighted by molar-refractivity contribution is 5.79. The Labute approximate surface area is 192 Å². The lowest BCUT2D eigenvalue weighted by Gasteiger charge is -2.57. The van der Waals surface area contributed by atoms with Gasteiger partial charge in [0, 0.05) is 32.6 Å². The van der Waals surface area contributed by atoms with Crippen molar-refractivity contribution in [2.45, 2.75) is 65.2 Å². The van der Waals surface area contributed by atoms with Gasteiger partial charge in [0.25, 0.3) is 5.91 Å². The van der Waals surface area contributed by atoms with Crippen LogP contribution in [0.2, 0.25) is 0 Å². The Morgan fingerprint density at radius 2 is 1.50 bits per heavy atom. The fourth-order valence-electron chi connectivity index (χ4n) is 7.47. The van der Waals surface area contributed by atoms with Crippen LogP contribution in [0.3, 0.4) is 0 Å². The summed E-state index contributed by atoms with van der Waals surface area (Å²) in [5.74, 6) is 3.75. The molecule has 0 radical (unpaired) electrons. The van der Waals surface area contributed by atoms with Gasteiger partial charge in [-0.25, -0.2) is 0 Å². The molecule has 0 unspecified atom stereocenters. The first-order chi connectivity index (χ1) is 15.4. The molecule has 0 spiro atoms. The third kappa shape index (κ3) is 4.40. The van der Waals surface area contributed by atoms with Crippen molar-refractivity contribution >= 4 is 11.8 Å². The zero-order valence-corrected chi connectivity index (χ0v) is 19.8. The predicted octanol–water partition coefficient (Wildman–Crippen LogP) is 4.35. The molecule has 0 aromatic heterocycles. The maximum atomic E-state index is 13.3.